The van der Waals surface area contributed by atoms with Crippen LogP contribution in [0.5, 0.6) is 5.75 Å². The van der Waals surface area contributed by atoms with Crippen LogP contribution < -0.4 is 15.8 Å². The summed E-state index contributed by atoms with van der Waals surface area (Å²) >= 11 is 0. The van der Waals surface area contributed by atoms with Gasteiger partial charge in [0.15, 0.2) is 5.65 Å². The highest BCUT2D eigenvalue weighted by Gasteiger charge is 2.44. The van der Waals surface area contributed by atoms with E-state index < -0.39 is 0 Å². The van der Waals surface area contributed by atoms with Crippen LogP contribution >= 0.6 is 0 Å². The Morgan fingerprint density at radius 2 is 1.72 bits per heavy atom. The van der Waals surface area contributed by atoms with E-state index in [4.69, 9.17) is 15.6 Å². The van der Waals surface area contributed by atoms with E-state index in [0.717, 1.165) is 80.6 Å². The molecule has 7 rings (SSSR count). The third kappa shape index (κ3) is 5.45. The minimum absolute atomic E-state index is 0.0134. The van der Waals surface area contributed by atoms with Crippen LogP contribution in [0.25, 0.3) is 22.3 Å². The van der Waals surface area contributed by atoms with Gasteiger partial charge in [0.05, 0.1) is 24.2 Å². The number of anilines is 2. The zero-order valence-electron chi connectivity index (χ0n) is 24.9. The molecule has 10 heteroatoms. The van der Waals surface area contributed by atoms with E-state index in [2.05, 4.69) is 48.9 Å². The summed E-state index contributed by atoms with van der Waals surface area (Å²) < 4.78 is 7.81. The Morgan fingerprint density at radius 1 is 0.977 bits per heavy atom. The molecule has 2 atom stereocenters. The van der Waals surface area contributed by atoms with Crippen molar-refractivity contribution >= 4 is 28.4 Å². The minimum atomic E-state index is -0.0327. The van der Waals surface area contributed by atoms with Gasteiger partial charge >= 0.3 is 0 Å². The highest BCUT2D eigenvalue weighted by molar-refractivity contribution is 6.00. The van der Waals surface area contributed by atoms with E-state index in [-0.39, 0.29) is 23.8 Å². The lowest BCUT2D eigenvalue weighted by Gasteiger charge is -2.41. The Morgan fingerprint density at radius 3 is 2.47 bits per heavy atom. The number of nitrogen functional groups attached to an aromatic ring is 1. The second-order valence-corrected chi connectivity index (χ2v) is 12.3. The number of fused-ring (bicyclic) bond motifs is 1. The van der Waals surface area contributed by atoms with Crippen LogP contribution in [0.1, 0.15) is 49.6 Å². The molecule has 4 aromatic rings. The lowest BCUT2D eigenvalue weighted by Crippen LogP contribution is -2.49. The summed E-state index contributed by atoms with van der Waals surface area (Å²) in [4.78, 5) is 27.1. The maximum Gasteiger partial charge on any atom is 0.228 e. The van der Waals surface area contributed by atoms with Crippen molar-refractivity contribution in [3.05, 3.63) is 60.4 Å². The van der Waals surface area contributed by atoms with Crippen molar-refractivity contribution in [2.75, 3.05) is 51.4 Å². The predicted molar refractivity (Wildman–Crippen MR) is 168 cm³/mol. The van der Waals surface area contributed by atoms with Crippen molar-refractivity contribution in [3.63, 3.8) is 0 Å². The number of piperazine rings is 1. The Labute approximate surface area is 252 Å². The number of rotatable bonds is 7. The average Bonchev–Trinajstić information content (AvgIpc) is 3.76. The molecular formula is C33H40N8O2. The monoisotopic (exact) mass is 580 g/mol. The maximum absolute atomic E-state index is 13.1. The van der Waals surface area contributed by atoms with Gasteiger partial charge in [-0.05, 0) is 62.8 Å². The minimum Gasteiger partial charge on any atom is -0.495 e. The van der Waals surface area contributed by atoms with Crippen LogP contribution in [0.4, 0.5) is 11.5 Å². The van der Waals surface area contributed by atoms with Crippen molar-refractivity contribution in [2.45, 2.75) is 50.1 Å². The summed E-state index contributed by atoms with van der Waals surface area (Å²) in [5.41, 5.74) is 10.6. The van der Waals surface area contributed by atoms with E-state index in [1.165, 1.54) is 11.9 Å². The molecule has 10 nitrogen and oxygen atoms in total. The van der Waals surface area contributed by atoms with Gasteiger partial charge in [0, 0.05) is 43.7 Å². The number of carbonyl (C=O) groups is 1. The van der Waals surface area contributed by atoms with Gasteiger partial charge in [0.25, 0.3) is 0 Å². The number of nitrogens with one attached hydrogen (secondary N) is 1. The molecule has 224 valence electrons. The topological polar surface area (TPSA) is 114 Å². The first kappa shape index (κ1) is 27.8. The third-order valence-electron chi connectivity index (χ3n) is 9.67. The van der Waals surface area contributed by atoms with Crippen LogP contribution in [-0.4, -0.2) is 81.8 Å². The summed E-state index contributed by atoms with van der Waals surface area (Å²) in [6, 6.07) is 16.9. The molecule has 2 saturated carbocycles. The van der Waals surface area contributed by atoms with Crippen molar-refractivity contribution in [3.8, 4) is 17.0 Å². The fourth-order valence-corrected chi connectivity index (χ4v) is 7.03. The molecule has 2 aliphatic carbocycles. The highest BCUT2D eigenvalue weighted by Crippen LogP contribution is 2.48. The second-order valence-electron chi connectivity index (χ2n) is 12.3. The van der Waals surface area contributed by atoms with E-state index in [0.29, 0.717) is 23.3 Å². The van der Waals surface area contributed by atoms with Crippen LogP contribution in [0.15, 0.2) is 54.9 Å². The van der Waals surface area contributed by atoms with Gasteiger partial charge in [-0.25, -0.2) is 14.6 Å². The van der Waals surface area contributed by atoms with Gasteiger partial charge in [-0.15, -0.1) is 0 Å². The number of carbonyl (C=O) groups excluding carboxylic acids is 1. The molecule has 2 aromatic heterocycles. The molecule has 3 N–H and O–H groups in total. The first-order valence-electron chi connectivity index (χ1n) is 15.5. The molecule has 1 aliphatic heterocycles. The quantitative estimate of drug-likeness (QED) is 0.327. The Hall–Kier alpha value is -4.02. The summed E-state index contributed by atoms with van der Waals surface area (Å²) in [5, 5.41) is 8.96. The van der Waals surface area contributed by atoms with Gasteiger partial charge in [-0.3, -0.25) is 9.69 Å². The van der Waals surface area contributed by atoms with E-state index in [9.17, 15) is 4.79 Å². The first-order valence-corrected chi connectivity index (χ1v) is 15.5. The number of hydrogen-bond donors (Lipinski definition) is 2. The number of nitrogens with zero attached hydrogens (tertiary/aromatic N) is 6. The van der Waals surface area contributed by atoms with Crippen molar-refractivity contribution in [1.82, 2.24) is 29.5 Å². The van der Waals surface area contributed by atoms with Gasteiger partial charge in [0.1, 0.15) is 23.6 Å². The van der Waals surface area contributed by atoms with Crippen LogP contribution in [0, 0.1) is 5.92 Å². The van der Waals surface area contributed by atoms with Gasteiger partial charge in [-0.1, -0.05) is 36.4 Å². The summed E-state index contributed by atoms with van der Waals surface area (Å²) in [7, 11) is 3.82. The molecular weight excluding hydrogens is 540 g/mol. The highest BCUT2D eigenvalue weighted by atomic mass is 16.5. The molecule has 3 aliphatic rings. The van der Waals surface area contributed by atoms with Gasteiger partial charge in [-0.2, -0.15) is 5.10 Å². The Balaban J connectivity index is 1.11. The number of aromatic nitrogens is 4. The zero-order chi connectivity index (χ0) is 29.5. The number of nitrogens with two attached hydrogens (primary N) is 1. The number of amides is 1. The molecule has 2 aromatic carbocycles. The number of likely N-dealkylation sites (N-methyl/N-ethyl adjacent to an activating group) is 1. The van der Waals surface area contributed by atoms with E-state index >= 15 is 0 Å². The van der Waals surface area contributed by atoms with E-state index in [1.807, 2.05) is 36.4 Å². The fourth-order valence-electron chi connectivity index (χ4n) is 7.03. The summed E-state index contributed by atoms with van der Waals surface area (Å²) in [5.74, 6) is 1.23. The molecule has 1 amide bonds. The van der Waals surface area contributed by atoms with Crippen molar-refractivity contribution < 1.29 is 9.53 Å². The lowest BCUT2D eigenvalue weighted by molar-refractivity contribution is -0.117. The fraction of sp³-hybridized carbons (Fsp3) is 0.455. The van der Waals surface area contributed by atoms with Crippen molar-refractivity contribution in [2.24, 2.45) is 5.92 Å². The summed E-state index contributed by atoms with van der Waals surface area (Å²) in [6.45, 7) is 4.59. The van der Waals surface area contributed by atoms with Gasteiger partial charge in [0.2, 0.25) is 5.91 Å². The number of methoxy groups -OCH3 is 1. The maximum atomic E-state index is 13.1. The zero-order valence-corrected chi connectivity index (χ0v) is 24.9. The smallest absolute Gasteiger partial charge is 0.228 e. The molecule has 3 fully saturated rings. The van der Waals surface area contributed by atoms with Crippen LogP contribution in [-0.2, 0) is 4.79 Å². The number of ether oxygens (including phenoxy) is 1. The van der Waals surface area contributed by atoms with Crippen LogP contribution in [0.2, 0.25) is 0 Å². The molecule has 0 spiro atoms. The molecule has 0 bridgehead atoms. The standard InChI is InChI=1S/C33H40N8O2/c1-39-14-16-40(17-15-39)23-9-11-24(12-10-23)41-32-29(31(34)35-20-36-32)30(38-41)22-8-13-27(28(18-22)43-2)37-33(42)26-19-25(26)21-6-4-3-5-7-21/h3-8,13,18,20,23-26H,9-12,14-17,19H2,1-2H3,(H,37,42)(H2,34,35,36)/t23-,24-,25-,26+/m1/s1. The molecule has 0 unspecified atom stereocenters. The average molecular weight is 581 g/mol. The summed E-state index contributed by atoms with van der Waals surface area (Å²) in [6.07, 6.45) is 6.79. The normalized spacial score (nSPS) is 24.6. The number of benzene rings is 2. The predicted octanol–water partition coefficient (Wildman–Crippen LogP) is 4.56. The third-order valence-corrected chi connectivity index (χ3v) is 9.67. The van der Waals surface area contributed by atoms with E-state index in [1.54, 1.807) is 7.11 Å². The number of hydrogen-bond acceptors (Lipinski definition) is 8. The molecule has 0 radical (unpaired) electrons. The van der Waals surface area contributed by atoms with Gasteiger partial charge < -0.3 is 20.7 Å². The van der Waals surface area contributed by atoms with Crippen LogP contribution in [0.3, 0.4) is 0 Å². The largest absolute Gasteiger partial charge is 0.495 e. The first-order chi connectivity index (χ1) is 21.0. The molecule has 43 heavy (non-hydrogen) atoms. The van der Waals surface area contributed by atoms with Crippen molar-refractivity contribution in [1.29, 1.82) is 0 Å². The Kier molecular flexibility index (Phi) is 7.48. The Bertz CT molecular complexity index is 1610. The molecule has 1 saturated heterocycles. The lowest BCUT2D eigenvalue weighted by atomic mass is 9.90. The SMILES string of the molecule is COc1cc(-c2nn([C@H]3CC[C@H](N4CCN(C)CC4)CC3)c3ncnc(N)c23)ccc1NC(=O)[C@H]1C[C@@H]1c1ccccc1. The molecule has 3 heterocycles. The second kappa shape index (κ2) is 11.6.